The van der Waals surface area contributed by atoms with Crippen molar-refractivity contribution in [2.45, 2.75) is 12.6 Å². The Labute approximate surface area is 152 Å². The molecule has 0 saturated heterocycles. The van der Waals surface area contributed by atoms with Gasteiger partial charge in [0.15, 0.2) is 11.5 Å². The van der Waals surface area contributed by atoms with Gasteiger partial charge in [-0.1, -0.05) is 12.1 Å². The molecule has 0 bridgehead atoms. The molecule has 4 rings (SSSR count). The average Bonchev–Trinajstić information content (AvgIpc) is 3.00. The Balaban J connectivity index is 1.61. The zero-order chi connectivity index (χ0) is 18.1. The number of nitrogens with zero attached hydrogens (tertiary/aromatic N) is 1. The minimum atomic E-state index is -4.34. The molecule has 0 N–H and O–H groups in total. The largest absolute Gasteiger partial charge is 0.490 e. The third kappa shape index (κ3) is 3.39. The zero-order valence-corrected chi connectivity index (χ0v) is 14.4. The van der Waals surface area contributed by atoms with Gasteiger partial charge in [0.1, 0.15) is 5.01 Å². The number of aromatic nitrogens is 1. The first-order valence-corrected chi connectivity index (χ1v) is 8.92. The lowest BCUT2D eigenvalue weighted by Gasteiger charge is -2.08. The van der Waals surface area contributed by atoms with Crippen LogP contribution in [0, 0.1) is 0 Å². The Kier molecular flexibility index (Phi) is 4.32. The number of thiazole rings is 1. The summed E-state index contributed by atoms with van der Waals surface area (Å²) < 4.78 is 49.3. The lowest BCUT2D eigenvalue weighted by molar-refractivity contribution is -0.137. The maximum Gasteiger partial charge on any atom is 0.416 e. The van der Waals surface area contributed by atoms with Gasteiger partial charge in [-0.25, -0.2) is 4.98 Å². The van der Waals surface area contributed by atoms with Crippen molar-refractivity contribution in [3.8, 4) is 33.3 Å². The molecule has 0 spiro atoms. The molecule has 0 aliphatic carbocycles. The molecule has 0 atom stereocenters. The normalized spacial score (nSPS) is 14.1. The standard InChI is InChI=1S/C19H14F3NO2S/c20-19(21,22)14-5-2-12(3-6-14)18-23-15(11-26-18)13-4-7-16-17(10-13)25-9-1-8-24-16/h2-7,10-11H,1,8-9H2. The topological polar surface area (TPSA) is 31.4 Å². The second kappa shape index (κ2) is 6.64. The van der Waals surface area contributed by atoms with E-state index in [0.29, 0.717) is 35.3 Å². The van der Waals surface area contributed by atoms with Gasteiger partial charge < -0.3 is 9.47 Å². The Morgan fingerprint density at radius 2 is 1.58 bits per heavy atom. The van der Waals surface area contributed by atoms with Crippen LogP contribution in [0.4, 0.5) is 13.2 Å². The average molecular weight is 377 g/mol. The number of benzene rings is 2. The van der Waals surface area contributed by atoms with Gasteiger partial charge in [-0.15, -0.1) is 11.3 Å². The van der Waals surface area contributed by atoms with Gasteiger partial charge in [-0.3, -0.25) is 0 Å². The van der Waals surface area contributed by atoms with Crippen LogP contribution >= 0.6 is 11.3 Å². The van der Waals surface area contributed by atoms with Crippen LogP contribution in [0.2, 0.25) is 0 Å². The maximum atomic E-state index is 12.7. The van der Waals surface area contributed by atoms with Crippen LogP contribution in [0.5, 0.6) is 11.5 Å². The Morgan fingerprint density at radius 1 is 0.885 bits per heavy atom. The summed E-state index contributed by atoms with van der Waals surface area (Å²) in [5, 5.41) is 2.55. The van der Waals surface area contributed by atoms with Gasteiger partial charge in [0.2, 0.25) is 0 Å². The van der Waals surface area contributed by atoms with Crippen LogP contribution in [0.3, 0.4) is 0 Å². The van der Waals surface area contributed by atoms with Crippen molar-refractivity contribution in [3.63, 3.8) is 0 Å². The molecule has 0 amide bonds. The highest BCUT2D eigenvalue weighted by Crippen LogP contribution is 2.36. The lowest BCUT2D eigenvalue weighted by atomic mass is 10.1. The smallest absolute Gasteiger partial charge is 0.416 e. The highest BCUT2D eigenvalue weighted by molar-refractivity contribution is 7.13. The molecule has 1 aliphatic heterocycles. The number of halogens is 3. The van der Waals surface area contributed by atoms with Crippen molar-refractivity contribution in [2.75, 3.05) is 13.2 Å². The summed E-state index contributed by atoms with van der Waals surface area (Å²) in [7, 11) is 0. The van der Waals surface area contributed by atoms with Crippen LogP contribution in [0.15, 0.2) is 47.8 Å². The van der Waals surface area contributed by atoms with Crippen molar-refractivity contribution in [2.24, 2.45) is 0 Å². The molecule has 134 valence electrons. The highest BCUT2D eigenvalue weighted by Gasteiger charge is 2.30. The molecule has 0 radical (unpaired) electrons. The van der Waals surface area contributed by atoms with E-state index in [0.717, 1.165) is 29.8 Å². The summed E-state index contributed by atoms with van der Waals surface area (Å²) in [6.07, 6.45) is -3.50. The SMILES string of the molecule is FC(F)(F)c1ccc(-c2nc(-c3ccc4c(c3)OCCCO4)cs2)cc1. The molecule has 2 aromatic carbocycles. The molecule has 7 heteroatoms. The van der Waals surface area contributed by atoms with E-state index < -0.39 is 11.7 Å². The zero-order valence-electron chi connectivity index (χ0n) is 13.5. The van der Waals surface area contributed by atoms with Crippen LogP contribution < -0.4 is 9.47 Å². The van der Waals surface area contributed by atoms with E-state index in [1.807, 2.05) is 23.6 Å². The minimum Gasteiger partial charge on any atom is -0.490 e. The summed E-state index contributed by atoms with van der Waals surface area (Å²) in [4.78, 5) is 4.56. The van der Waals surface area contributed by atoms with E-state index in [1.165, 1.54) is 23.5 Å². The summed E-state index contributed by atoms with van der Waals surface area (Å²) in [6.45, 7) is 1.23. The van der Waals surface area contributed by atoms with Crippen molar-refractivity contribution in [1.82, 2.24) is 4.98 Å². The fourth-order valence-corrected chi connectivity index (χ4v) is 3.50. The Morgan fingerprint density at radius 3 is 2.31 bits per heavy atom. The van der Waals surface area contributed by atoms with Crippen molar-refractivity contribution < 1.29 is 22.6 Å². The monoisotopic (exact) mass is 377 g/mol. The second-order valence-electron chi connectivity index (χ2n) is 5.82. The first-order chi connectivity index (χ1) is 12.5. The number of alkyl halides is 3. The van der Waals surface area contributed by atoms with Gasteiger partial charge in [-0.05, 0) is 30.3 Å². The molecule has 1 aromatic heterocycles. The highest BCUT2D eigenvalue weighted by atomic mass is 32.1. The van der Waals surface area contributed by atoms with E-state index in [4.69, 9.17) is 9.47 Å². The third-order valence-electron chi connectivity index (χ3n) is 4.01. The van der Waals surface area contributed by atoms with Crippen molar-refractivity contribution in [3.05, 3.63) is 53.4 Å². The lowest BCUT2D eigenvalue weighted by Crippen LogP contribution is -2.03. The first kappa shape index (κ1) is 16.9. The molecular weight excluding hydrogens is 363 g/mol. The Bertz CT molecular complexity index is 919. The Hall–Kier alpha value is -2.54. The van der Waals surface area contributed by atoms with E-state index in [2.05, 4.69) is 4.98 Å². The predicted octanol–water partition coefficient (Wildman–Crippen LogP) is 5.66. The number of hydrogen-bond acceptors (Lipinski definition) is 4. The number of ether oxygens (including phenoxy) is 2. The summed E-state index contributed by atoms with van der Waals surface area (Å²) in [5.74, 6) is 1.40. The van der Waals surface area contributed by atoms with Crippen LogP contribution in [0.25, 0.3) is 21.8 Å². The van der Waals surface area contributed by atoms with Crippen molar-refractivity contribution >= 4 is 11.3 Å². The molecule has 0 unspecified atom stereocenters. The molecule has 3 aromatic rings. The van der Waals surface area contributed by atoms with Crippen molar-refractivity contribution in [1.29, 1.82) is 0 Å². The van der Waals surface area contributed by atoms with Gasteiger partial charge >= 0.3 is 6.18 Å². The molecule has 0 saturated carbocycles. The molecule has 3 nitrogen and oxygen atoms in total. The van der Waals surface area contributed by atoms with Crippen LogP contribution in [-0.2, 0) is 6.18 Å². The van der Waals surface area contributed by atoms with Crippen LogP contribution in [-0.4, -0.2) is 18.2 Å². The quantitative estimate of drug-likeness (QED) is 0.578. The van der Waals surface area contributed by atoms with Crippen LogP contribution in [0.1, 0.15) is 12.0 Å². The molecule has 26 heavy (non-hydrogen) atoms. The number of fused-ring (bicyclic) bond motifs is 1. The van der Waals surface area contributed by atoms with E-state index in [9.17, 15) is 13.2 Å². The fourth-order valence-electron chi connectivity index (χ4n) is 2.66. The van der Waals surface area contributed by atoms with Gasteiger partial charge in [0, 0.05) is 22.9 Å². The van der Waals surface area contributed by atoms with Gasteiger partial charge in [0.05, 0.1) is 24.5 Å². The molecule has 2 heterocycles. The summed E-state index contributed by atoms with van der Waals surface area (Å²) >= 11 is 1.39. The van der Waals surface area contributed by atoms with E-state index in [-0.39, 0.29) is 0 Å². The number of hydrogen-bond donors (Lipinski definition) is 0. The van der Waals surface area contributed by atoms with E-state index >= 15 is 0 Å². The van der Waals surface area contributed by atoms with E-state index in [1.54, 1.807) is 0 Å². The fraction of sp³-hybridized carbons (Fsp3) is 0.211. The molecule has 1 aliphatic rings. The first-order valence-electron chi connectivity index (χ1n) is 8.04. The molecular formula is C19H14F3NO2S. The number of rotatable bonds is 2. The van der Waals surface area contributed by atoms with Gasteiger partial charge in [0.25, 0.3) is 0 Å². The molecule has 0 fully saturated rings. The summed E-state index contributed by atoms with van der Waals surface area (Å²) in [5.41, 5.74) is 1.62. The van der Waals surface area contributed by atoms with Gasteiger partial charge in [-0.2, -0.15) is 13.2 Å². The third-order valence-corrected chi connectivity index (χ3v) is 4.90. The minimum absolute atomic E-state index is 0.602. The maximum absolute atomic E-state index is 12.7. The second-order valence-corrected chi connectivity index (χ2v) is 6.68. The predicted molar refractivity (Wildman–Crippen MR) is 93.6 cm³/mol. The summed E-state index contributed by atoms with van der Waals surface area (Å²) in [6, 6.07) is 10.7.